The van der Waals surface area contributed by atoms with Gasteiger partial charge in [0.25, 0.3) is 0 Å². The van der Waals surface area contributed by atoms with E-state index < -0.39 is 0 Å². The van der Waals surface area contributed by atoms with Crippen LogP contribution < -0.4 is 5.73 Å². The molecule has 4 nitrogen and oxygen atoms in total. The van der Waals surface area contributed by atoms with E-state index in [1.54, 1.807) is 24.2 Å². The summed E-state index contributed by atoms with van der Waals surface area (Å²) >= 11 is 1.61. The standard InChI is InChI=1S/C13H12N4S/c14-9-11-13(18-10-4-6-15-7-5-10)16-12-3-1-2-8-17(11)12/h1-8H,9,14H2. The summed E-state index contributed by atoms with van der Waals surface area (Å²) in [5.41, 5.74) is 7.79. The van der Waals surface area contributed by atoms with Crippen molar-refractivity contribution in [2.24, 2.45) is 5.73 Å². The largest absolute Gasteiger partial charge is 0.325 e. The highest BCUT2D eigenvalue weighted by Gasteiger charge is 2.11. The molecule has 0 unspecified atom stereocenters. The van der Waals surface area contributed by atoms with Crippen molar-refractivity contribution >= 4 is 17.4 Å². The number of nitrogens with zero attached hydrogens (tertiary/aromatic N) is 3. The van der Waals surface area contributed by atoms with E-state index in [0.717, 1.165) is 21.3 Å². The van der Waals surface area contributed by atoms with Crippen molar-refractivity contribution in [1.29, 1.82) is 0 Å². The highest BCUT2D eigenvalue weighted by atomic mass is 32.2. The summed E-state index contributed by atoms with van der Waals surface area (Å²) in [6.45, 7) is 0.471. The minimum Gasteiger partial charge on any atom is -0.325 e. The predicted octanol–water partition coefficient (Wildman–Crippen LogP) is 2.34. The minimum atomic E-state index is 0.471. The van der Waals surface area contributed by atoms with Crippen molar-refractivity contribution in [2.75, 3.05) is 0 Å². The lowest BCUT2D eigenvalue weighted by Crippen LogP contribution is -2.01. The number of hydrogen-bond donors (Lipinski definition) is 1. The lowest BCUT2D eigenvalue weighted by Gasteiger charge is -2.01. The SMILES string of the molecule is NCc1c(Sc2ccncc2)nc2ccccn12. The zero-order chi connectivity index (χ0) is 12.4. The number of fused-ring (bicyclic) bond motifs is 1. The summed E-state index contributed by atoms with van der Waals surface area (Å²) < 4.78 is 2.03. The zero-order valence-corrected chi connectivity index (χ0v) is 10.5. The first-order valence-electron chi connectivity index (χ1n) is 5.62. The lowest BCUT2D eigenvalue weighted by molar-refractivity contribution is 0.921. The zero-order valence-electron chi connectivity index (χ0n) is 9.65. The molecule has 0 aliphatic rings. The highest BCUT2D eigenvalue weighted by molar-refractivity contribution is 7.99. The fourth-order valence-electron chi connectivity index (χ4n) is 1.81. The van der Waals surface area contributed by atoms with Crippen LogP contribution in [-0.4, -0.2) is 14.4 Å². The summed E-state index contributed by atoms with van der Waals surface area (Å²) in [6, 6.07) is 9.87. The van der Waals surface area contributed by atoms with Crippen LogP contribution in [0.4, 0.5) is 0 Å². The number of hydrogen-bond acceptors (Lipinski definition) is 4. The Morgan fingerprint density at radius 1 is 1.17 bits per heavy atom. The van der Waals surface area contributed by atoms with Gasteiger partial charge in [0.1, 0.15) is 10.7 Å². The third kappa shape index (κ3) is 1.98. The number of imidazole rings is 1. The van der Waals surface area contributed by atoms with Crippen LogP contribution in [0.2, 0.25) is 0 Å². The molecule has 3 rings (SSSR count). The van der Waals surface area contributed by atoms with Crippen molar-refractivity contribution in [3.8, 4) is 0 Å². The van der Waals surface area contributed by atoms with Crippen molar-refractivity contribution in [1.82, 2.24) is 14.4 Å². The van der Waals surface area contributed by atoms with Gasteiger partial charge in [0.2, 0.25) is 0 Å². The molecule has 0 amide bonds. The van der Waals surface area contributed by atoms with Gasteiger partial charge in [-0.05, 0) is 24.3 Å². The smallest absolute Gasteiger partial charge is 0.138 e. The van der Waals surface area contributed by atoms with Gasteiger partial charge < -0.3 is 10.1 Å². The number of pyridine rings is 2. The maximum Gasteiger partial charge on any atom is 0.138 e. The Morgan fingerprint density at radius 3 is 2.78 bits per heavy atom. The molecule has 0 atom stereocenters. The van der Waals surface area contributed by atoms with Gasteiger partial charge in [0, 0.05) is 30.0 Å². The van der Waals surface area contributed by atoms with E-state index in [4.69, 9.17) is 5.73 Å². The maximum atomic E-state index is 5.83. The van der Waals surface area contributed by atoms with Crippen LogP contribution in [-0.2, 0) is 6.54 Å². The van der Waals surface area contributed by atoms with Crippen molar-refractivity contribution in [3.05, 3.63) is 54.6 Å². The monoisotopic (exact) mass is 256 g/mol. The highest BCUT2D eigenvalue weighted by Crippen LogP contribution is 2.29. The maximum absolute atomic E-state index is 5.83. The predicted molar refractivity (Wildman–Crippen MR) is 71.4 cm³/mol. The van der Waals surface area contributed by atoms with Crippen LogP contribution in [0.3, 0.4) is 0 Å². The molecule has 3 aromatic heterocycles. The first-order chi connectivity index (χ1) is 8.88. The second-order valence-electron chi connectivity index (χ2n) is 3.78. The summed E-state index contributed by atoms with van der Waals surface area (Å²) in [7, 11) is 0. The summed E-state index contributed by atoms with van der Waals surface area (Å²) in [4.78, 5) is 9.73. The molecule has 3 heterocycles. The first kappa shape index (κ1) is 11.3. The van der Waals surface area contributed by atoms with Gasteiger partial charge in [0.15, 0.2) is 0 Å². The molecule has 0 saturated heterocycles. The summed E-state index contributed by atoms with van der Waals surface area (Å²) in [6.07, 6.45) is 5.54. The molecule has 5 heteroatoms. The molecule has 2 N–H and O–H groups in total. The molecule has 18 heavy (non-hydrogen) atoms. The third-order valence-electron chi connectivity index (χ3n) is 2.65. The Morgan fingerprint density at radius 2 is 2.00 bits per heavy atom. The van der Waals surface area contributed by atoms with Gasteiger partial charge in [-0.25, -0.2) is 4.98 Å². The average molecular weight is 256 g/mol. The molecule has 0 spiro atoms. The fourth-order valence-corrected chi connectivity index (χ4v) is 2.73. The van der Waals surface area contributed by atoms with Gasteiger partial charge in [-0.1, -0.05) is 17.8 Å². The average Bonchev–Trinajstić information content (AvgIpc) is 2.77. The van der Waals surface area contributed by atoms with E-state index in [1.807, 2.05) is 40.9 Å². The fraction of sp³-hybridized carbons (Fsp3) is 0.0769. The van der Waals surface area contributed by atoms with E-state index in [-0.39, 0.29) is 0 Å². The van der Waals surface area contributed by atoms with Crippen LogP contribution in [0.1, 0.15) is 5.69 Å². The van der Waals surface area contributed by atoms with Crippen LogP contribution in [0, 0.1) is 0 Å². The van der Waals surface area contributed by atoms with E-state index in [2.05, 4.69) is 9.97 Å². The lowest BCUT2D eigenvalue weighted by atomic mass is 10.4. The number of nitrogens with two attached hydrogens (primary N) is 1. The quantitative estimate of drug-likeness (QED) is 0.781. The van der Waals surface area contributed by atoms with Crippen molar-refractivity contribution < 1.29 is 0 Å². The molecule has 0 aromatic carbocycles. The van der Waals surface area contributed by atoms with Crippen LogP contribution in [0.15, 0.2) is 58.8 Å². The molecule has 0 aliphatic heterocycles. The van der Waals surface area contributed by atoms with Crippen LogP contribution in [0.5, 0.6) is 0 Å². The second-order valence-corrected chi connectivity index (χ2v) is 4.84. The molecule has 90 valence electrons. The molecule has 0 aliphatic carbocycles. The van der Waals surface area contributed by atoms with Crippen molar-refractivity contribution in [2.45, 2.75) is 16.5 Å². The van der Waals surface area contributed by atoms with Gasteiger partial charge >= 0.3 is 0 Å². The Labute approximate surface area is 109 Å². The van der Waals surface area contributed by atoms with E-state index in [9.17, 15) is 0 Å². The second kappa shape index (κ2) is 4.80. The summed E-state index contributed by atoms with van der Waals surface area (Å²) in [5, 5.41) is 0.954. The molecular formula is C13H12N4S. The summed E-state index contributed by atoms with van der Waals surface area (Å²) in [5.74, 6) is 0. The van der Waals surface area contributed by atoms with Gasteiger partial charge in [-0.2, -0.15) is 0 Å². The third-order valence-corrected chi connectivity index (χ3v) is 3.68. The van der Waals surface area contributed by atoms with E-state index in [1.165, 1.54) is 0 Å². The molecule has 3 aromatic rings. The molecule has 0 radical (unpaired) electrons. The normalized spacial score (nSPS) is 10.9. The number of aromatic nitrogens is 3. The Bertz CT molecular complexity index is 663. The van der Waals surface area contributed by atoms with Gasteiger partial charge in [0.05, 0.1) is 5.69 Å². The van der Waals surface area contributed by atoms with E-state index >= 15 is 0 Å². The molecule has 0 bridgehead atoms. The van der Waals surface area contributed by atoms with Crippen LogP contribution in [0.25, 0.3) is 5.65 Å². The van der Waals surface area contributed by atoms with Gasteiger partial charge in [-0.3, -0.25) is 4.98 Å². The minimum absolute atomic E-state index is 0.471. The Kier molecular flexibility index (Phi) is 3.00. The van der Waals surface area contributed by atoms with Gasteiger partial charge in [-0.15, -0.1) is 0 Å². The molecular weight excluding hydrogens is 244 g/mol. The Balaban J connectivity index is 2.06. The molecule has 0 fully saturated rings. The van der Waals surface area contributed by atoms with E-state index in [0.29, 0.717) is 6.54 Å². The van der Waals surface area contributed by atoms with Crippen LogP contribution >= 0.6 is 11.8 Å². The Hall–Kier alpha value is -1.85. The molecule has 0 saturated carbocycles. The topological polar surface area (TPSA) is 56.2 Å². The first-order valence-corrected chi connectivity index (χ1v) is 6.44. The number of rotatable bonds is 3. The van der Waals surface area contributed by atoms with Crippen molar-refractivity contribution in [3.63, 3.8) is 0 Å².